The van der Waals surface area contributed by atoms with Crippen molar-refractivity contribution in [2.45, 2.75) is 13.8 Å². The standard InChI is InChI=1S/C11H16O2/c1-5-8-9(6-7(2)3)10(8)11(12)13-4/h5-6,8-10H,1H2,2-4H3/t8-,9?,10+/m0/s1. The van der Waals surface area contributed by atoms with Gasteiger partial charge in [-0.15, -0.1) is 6.58 Å². The zero-order chi connectivity index (χ0) is 10.0. The van der Waals surface area contributed by atoms with Crippen molar-refractivity contribution in [3.8, 4) is 0 Å². The maximum absolute atomic E-state index is 11.2. The lowest BCUT2D eigenvalue weighted by Gasteiger charge is -1.94. The van der Waals surface area contributed by atoms with E-state index in [9.17, 15) is 4.79 Å². The van der Waals surface area contributed by atoms with Crippen molar-refractivity contribution in [2.75, 3.05) is 7.11 Å². The average molecular weight is 180 g/mol. The molecular weight excluding hydrogens is 164 g/mol. The summed E-state index contributed by atoms with van der Waals surface area (Å²) in [7, 11) is 1.43. The van der Waals surface area contributed by atoms with Crippen molar-refractivity contribution in [2.24, 2.45) is 17.8 Å². The lowest BCUT2D eigenvalue weighted by molar-refractivity contribution is -0.142. The summed E-state index contributed by atoms with van der Waals surface area (Å²) in [4.78, 5) is 11.2. The number of ether oxygens (including phenoxy) is 1. The molecule has 0 aromatic carbocycles. The van der Waals surface area contributed by atoms with E-state index < -0.39 is 0 Å². The van der Waals surface area contributed by atoms with Crippen LogP contribution in [-0.4, -0.2) is 13.1 Å². The molecule has 0 aromatic rings. The fourth-order valence-electron chi connectivity index (χ4n) is 1.71. The van der Waals surface area contributed by atoms with Crippen molar-refractivity contribution in [1.29, 1.82) is 0 Å². The lowest BCUT2D eigenvalue weighted by atomic mass is 10.2. The SMILES string of the molecule is C=C[C@H]1C(C=C(C)C)[C@@H]1C(=O)OC. The van der Waals surface area contributed by atoms with Crippen molar-refractivity contribution < 1.29 is 9.53 Å². The fourth-order valence-corrected chi connectivity index (χ4v) is 1.71. The van der Waals surface area contributed by atoms with E-state index in [1.54, 1.807) is 0 Å². The molecule has 1 rings (SSSR count). The molecule has 1 unspecified atom stereocenters. The zero-order valence-electron chi connectivity index (χ0n) is 8.41. The molecule has 0 N–H and O–H groups in total. The fraction of sp³-hybridized carbons (Fsp3) is 0.545. The van der Waals surface area contributed by atoms with Gasteiger partial charge >= 0.3 is 5.97 Å². The van der Waals surface area contributed by atoms with Gasteiger partial charge in [0.1, 0.15) is 0 Å². The predicted molar refractivity (Wildman–Crippen MR) is 52.1 cm³/mol. The van der Waals surface area contributed by atoms with Crippen LogP contribution < -0.4 is 0 Å². The molecule has 0 aliphatic heterocycles. The van der Waals surface area contributed by atoms with Crippen molar-refractivity contribution in [3.05, 3.63) is 24.3 Å². The molecule has 0 spiro atoms. The Labute approximate surface area is 79.3 Å². The second kappa shape index (κ2) is 3.77. The lowest BCUT2D eigenvalue weighted by Crippen LogP contribution is -2.04. The molecule has 0 aromatic heterocycles. The van der Waals surface area contributed by atoms with E-state index in [2.05, 4.69) is 12.7 Å². The van der Waals surface area contributed by atoms with Crippen LogP contribution in [0.1, 0.15) is 13.8 Å². The molecule has 0 radical (unpaired) electrons. The maximum Gasteiger partial charge on any atom is 0.309 e. The Bertz CT molecular complexity index is 249. The average Bonchev–Trinajstić information content (AvgIpc) is 2.75. The number of carbonyl (C=O) groups is 1. The van der Waals surface area contributed by atoms with E-state index in [0.29, 0.717) is 5.92 Å². The highest BCUT2D eigenvalue weighted by Crippen LogP contribution is 2.49. The van der Waals surface area contributed by atoms with Crippen molar-refractivity contribution in [3.63, 3.8) is 0 Å². The molecule has 0 bridgehead atoms. The summed E-state index contributed by atoms with van der Waals surface area (Å²) in [5.41, 5.74) is 1.24. The molecule has 2 heteroatoms. The molecule has 72 valence electrons. The van der Waals surface area contributed by atoms with Crippen molar-refractivity contribution >= 4 is 5.97 Å². The molecule has 1 fully saturated rings. The van der Waals surface area contributed by atoms with Crippen LogP contribution in [0, 0.1) is 17.8 Å². The minimum absolute atomic E-state index is 0.0115. The molecule has 3 atom stereocenters. The number of allylic oxidation sites excluding steroid dienone is 3. The van der Waals surface area contributed by atoms with Crippen LogP contribution in [-0.2, 0) is 9.53 Å². The maximum atomic E-state index is 11.2. The van der Waals surface area contributed by atoms with Crippen LogP contribution in [0.5, 0.6) is 0 Å². The highest BCUT2D eigenvalue weighted by molar-refractivity contribution is 5.77. The third-order valence-corrected chi connectivity index (χ3v) is 2.40. The molecule has 0 heterocycles. The third-order valence-electron chi connectivity index (χ3n) is 2.40. The summed E-state index contributed by atoms with van der Waals surface area (Å²) < 4.78 is 4.70. The number of rotatable bonds is 3. The summed E-state index contributed by atoms with van der Waals surface area (Å²) >= 11 is 0. The topological polar surface area (TPSA) is 26.3 Å². The van der Waals surface area contributed by atoms with Crippen LogP contribution in [0.4, 0.5) is 0 Å². The molecule has 1 saturated carbocycles. The van der Waals surface area contributed by atoms with Gasteiger partial charge in [-0.3, -0.25) is 4.79 Å². The van der Waals surface area contributed by atoms with Crippen LogP contribution in [0.2, 0.25) is 0 Å². The Morgan fingerprint density at radius 3 is 2.38 bits per heavy atom. The smallest absolute Gasteiger partial charge is 0.309 e. The van der Waals surface area contributed by atoms with Gasteiger partial charge in [0, 0.05) is 0 Å². The predicted octanol–water partition coefficient (Wildman–Crippen LogP) is 2.17. The Balaban J connectivity index is 2.65. The zero-order valence-corrected chi connectivity index (χ0v) is 8.41. The van der Waals surface area contributed by atoms with Gasteiger partial charge in [-0.25, -0.2) is 0 Å². The van der Waals surface area contributed by atoms with Crippen LogP contribution in [0.25, 0.3) is 0 Å². The van der Waals surface area contributed by atoms with Gasteiger partial charge in [0.05, 0.1) is 13.0 Å². The van der Waals surface area contributed by atoms with E-state index >= 15 is 0 Å². The number of carbonyl (C=O) groups excluding carboxylic acids is 1. The van der Waals surface area contributed by atoms with Crippen LogP contribution in [0.15, 0.2) is 24.3 Å². The number of hydrogen-bond donors (Lipinski definition) is 0. The van der Waals surface area contributed by atoms with Gasteiger partial charge in [0.15, 0.2) is 0 Å². The first kappa shape index (κ1) is 10.0. The largest absolute Gasteiger partial charge is 0.469 e. The van der Waals surface area contributed by atoms with Gasteiger partial charge in [-0.1, -0.05) is 17.7 Å². The molecule has 0 amide bonds. The molecular formula is C11H16O2. The van der Waals surface area contributed by atoms with Crippen LogP contribution >= 0.6 is 0 Å². The second-order valence-electron chi connectivity index (χ2n) is 3.68. The van der Waals surface area contributed by atoms with Gasteiger partial charge in [0.2, 0.25) is 0 Å². The number of hydrogen-bond acceptors (Lipinski definition) is 2. The molecule has 13 heavy (non-hydrogen) atoms. The Morgan fingerprint density at radius 2 is 2.00 bits per heavy atom. The normalized spacial score (nSPS) is 30.5. The minimum atomic E-state index is -0.118. The van der Waals surface area contributed by atoms with E-state index in [1.165, 1.54) is 12.7 Å². The van der Waals surface area contributed by atoms with E-state index in [0.717, 1.165) is 0 Å². The summed E-state index contributed by atoms with van der Waals surface area (Å²) in [6.07, 6.45) is 3.96. The quantitative estimate of drug-likeness (QED) is 0.491. The molecule has 2 nitrogen and oxygen atoms in total. The Morgan fingerprint density at radius 1 is 1.38 bits per heavy atom. The molecule has 1 aliphatic rings. The number of methoxy groups -OCH3 is 1. The third kappa shape index (κ3) is 2.00. The van der Waals surface area contributed by atoms with Gasteiger partial charge in [-0.05, 0) is 25.7 Å². The highest BCUT2D eigenvalue weighted by Gasteiger charge is 2.52. The van der Waals surface area contributed by atoms with Gasteiger partial charge in [0.25, 0.3) is 0 Å². The monoisotopic (exact) mass is 180 g/mol. The molecule has 0 saturated heterocycles. The summed E-state index contributed by atoms with van der Waals surface area (Å²) in [6, 6.07) is 0. The summed E-state index contributed by atoms with van der Waals surface area (Å²) in [6.45, 7) is 7.78. The van der Waals surface area contributed by atoms with E-state index in [1.807, 2.05) is 19.9 Å². The first-order chi connectivity index (χ1) is 6.11. The Kier molecular flexibility index (Phi) is 2.91. The van der Waals surface area contributed by atoms with Gasteiger partial charge < -0.3 is 4.74 Å². The summed E-state index contributed by atoms with van der Waals surface area (Å²) in [5.74, 6) is 0.488. The van der Waals surface area contributed by atoms with E-state index in [4.69, 9.17) is 4.74 Å². The van der Waals surface area contributed by atoms with Crippen LogP contribution in [0.3, 0.4) is 0 Å². The van der Waals surface area contributed by atoms with E-state index in [-0.39, 0.29) is 17.8 Å². The minimum Gasteiger partial charge on any atom is -0.469 e. The second-order valence-corrected chi connectivity index (χ2v) is 3.68. The summed E-state index contributed by atoms with van der Waals surface area (Å²) in [5, 5.41) is 0. The van der Waals surface area contributed by atoms with Crippen molar-refractivity contribution in [1.82, 2.24) is 0 Å². The Hall–Kier alpha value is -1.05. The first-order valence-electron chi connectivity index (χ1n) is 4.47. The van der Waals surface area contributed by atoms with Gasteiger partial charge in [-0.2, -0.15) is 0 Å². The first-order valence-corrected chi connectivity index (χ1v) is 4.47. The molecule has 1 aliphatic carbocycles. The highest BCUT2D eigenvalue weighted by atomic mass is 16.5. The number of esters is 1.